The van der Waals surface area contributed by atoms with Crippen LogP contribution in [0.1, 0.15) is 37.0 Å². The number of aryl methyl sites for hydroxylation is 2. The van der Waals surface area contributed by atoms with Gasteiger partial charge in [-0.2, -0.15) is 0 Å². The van der Waals surface area contributed by atoms with Crippen molar-refractivity contribution in [2.75, 3.05) is 26.9 Å². The van der Waals surface area contributed by atoms with Crippen molar-refractivity contribution < 1.29 is 19.0 Å². The Kier molecular flexibility index (Phi) is 9.55. The molecular weight excluding hydrogens is 402 g/mol. The quantitative estimate of drug-likeness (QED) is 0.186. The molecule has 2 aromatic rings. The molecule has 6 heteroatoms. The minimum atomic E-state index is 0.531. The summed E-state index contributed by atoms with van der Waals surface area (Å²) in [6, 6.07) is 9.53. The minimum absolute atomic E-state index is 0.531. The summed E-state index contributed by atoms with van der Waals surface area (Å²) in [7, 11) is 1.51. The maximum absolute atomic E-state index is 6.31. The highest BCUT2D eigenvalue weighted by molar-refractivity contribution is 6.34. The maximum Gasteiger partial charge on any atom is 0.125 e. The zero-order valence-corrected chi connectivity index (χ0v) is 19.1. The largest absolute Gasteiger partial charge is 0.493 e. The Hall–Kier alpha value is -2.66. The lowest BCUT2D eigenvalue weighted by Gasteiger charge is -2.15. The summed E-state index contributed by atoms with van der Waals surface area (Å²) >= 11 is 6.31. The van der Waals surface area contributed by atoms with Crippen molar-refractivity contribution in [1.29, 1.82) is 0 Å². The SMILES string of the molecule is C/C=C/COc1cc(C)c(OCCCOc2ccc(/C(C)=N/OC)c(Cl)c2)c(C)c1. The fourth-order valence-corrected chi connectivity index (χ4v) is 3.26. The van der Waals surface area contributed by atoms with E-state index in [0.29, 0.717) is 36.3 Å². The van der Waals surface area contributed by atoms with Gasteiger partial charge in [0.05, 0.1) is 23.9 Å². The summed E-state index contributed by atoms with van der Waals surface area (Å²) in [5.74, 6) is 2.46. The summed E-state index contributed by atoms with van der Waals surface area (Å²) in [4.78, 5) is 4.79. The standard InChI is InChI=1S/C24H30ClNO4/c1-6-7-11-29-21-14-17(2)24(18(3)15-21)30-13-8-12-28-20-9-10-22(23(25)16-20)19(4)26-27-5/h6-7,9-10,14-16H,8,11-13H2,1-5H3/b7-6+,26-19+. The van der Waals surface area contributed by atoms with Crippen LogP contribution in [0, 0.1) is 13.8 Å². The number of halogens is 1. The summed E-state index contributed by atoms with van der Waals surface area (Å²) in [5, 5.41) is 4.48. The van der Waals surface area contributed by atoms with Crippen molar-refractivity contribution in [3.8, 4) is 17.2 Å². The number of benzene rings is 2. The second-order valence-electron chi connectivity index (χ2n) is 6.82. The molecule has 30 heavy (non-hydrogen) atoms. The van der Waals surface area contributed by atoms with Crippen LogP contribution in [0.3, 0.4) is 0 Å². The number of allylic oxidation sites excluding steroid dienone is 1. The number of hydrogen-bond donors (Lipinski definition) is 0. The topological polar surface area (TPSA) is 49.3 Å². The molecular formula is C24H30ClNO4. The summed E-state index contributed by atoms with van der Waals surface area (Å²) in [6.45, 7) is 9.53. The van der Waals surface area contributed by atoms with Gasteiger partial charge in [-0.3, -0.25) is 0 Å². The molecule has 162 valence electrons. The Morgan fingerprint density at radius 3 is 2.33 bits per heavy atom. The molecule has 0 N–H and O–H groups in total. The van der Waals surface area contributed by atoms with Crippen molar-refractivity contribution in [1.82, 2.24) is 0 Å². The van der Waals surface area contributed by atoms with Crippen molar-refractivity contribution in [2.45, 2.75) is 34.1 Å². The highest BCUT2D eigenvalue weighted by Crippen LogP contribution is 2.29. The number of rotatable bonds is 11. The molecule has 0 bridgehead atoms. The van der Waals surface area contributed by atoms with Crippen molar-refractivity contribution in [3.63, 3.8) is 0 Å². The van der Waals surface area contributed by atoms with Gasteiger partial charge < -0.3 is 19.0 Å². The molecule has 0 aliphatic rings. The van der Waals surface area contributed by atoms with Crippen molar-refractivity contribution in [3.05, 3.63) is 64.2 Å². The van der Waals surface area contributed by atoms with Crippen LogP contribution in [0.2, 0.25) is 5.02 Å². The van der Waals surface area contributed by atoms with Gasteiger partial charge in [0.25, 0.3) is 0 Å². The lowest BCUT2D eigenvalue weighted by molar-refractivity contribution is 0.213. The third-order valence-electron chi connectivity index (χ3n) is 4.38. The Morgan fingerprint density at radius 1 is 1.00 bits per heavy atom. The highest BCUT2D eigenvalue weighted by Gasteiger charge is 2.08. The van der Waals surface area contributed by atoms with Gasteiger partial charge in [0.1, 0.15) is 31.0 Å². The van der Waals surface area contributed by atoms with E-state index in [4.69, 9.17) is 30.6 Å². The van der Waals surface area contributed by atoms with E-state index in [1.807, 2.05) is 64.1 Å². The van der Waals surface area contributed by atoms with Crippen LogP contribution in [0.4, 0.5) is 0 Å². The second kappa shape index (κ2) is 12.1. The molecule has 0 unspecified atom stereocenters. The third kappa shape index (κ3) is 6.99. The van der Waals surface area contributed by atoms with Gasteiger partial charge in [0.2, 0.25) is 0 Å². The average molecular weight is 432 g/mol. The average Bonchev–Trinajstić information content (AvgIpc) is 2.70. The van der Waals surface area contributed by atoms with E-state index in [-0.39, 0.29) is 0 Å². The van der Waals surface area contributed by atoms with Gasteiger partial charge in [-0.25, -0.2) is 0 Å². The normalized spacial score (nSPS) is 11.6. The molecule has 0 aliphatic heterocycles. The van der Waals surface area contributed by atoms with Crippen LogP contribution in [-0.2, 0) is 4.84 Å². The summed E-state index contributed by atoms with van der Waals surface area (Å²) in [6.07, 6.45) is 4.70. The lowest BCUT2D eigenvalue weighted by Crippen LogP contribution is -2.07. The van der Waals surface area contributed by atoms with Gasteiger partial charge in [0, 0.05) is 12.0 Å². The molecule has 0 amide bonds. The van der Waals surface area contributed by atoms with Crippen LogP contribution in [0.15, 0.2) is 47.6 Å². The molecule has 0 saturated heterocycles. The molecule has 5 nitrogen and oxygen atoms in total. The van der Waals surface area contributed by atoms with Gasteiger partial charge in [-0.15, -0.1) is 0 Å². The molecule has 0 fully saturated rings. The zero-order chi connectivity index (χ0) is 21.9. The summed E-state index contributed by atoms with van der Waals surface area (Å²) in [5.41, 5.74) is 3.65. The maximum atomic E-state index is 6.31. The van der Waals surface area contributed by atoms with E-state index < -0.39 is 0 Å². The van der Waals surface area contributed by atoms with Crippen molar-refractivity contribution in [2.24, 2.45) is 5.16 Å². The van der Waals surface area contributed by atoms with Crippen LogP contribution >= 0.6 is 11.6 Å². The Balaban J connectivity index is 1.83. The molecule has 0 radical (unpaired) electrons. The number of nitrogens with zero attached hydrogens (tertiary/aromatic N) is 1. The molecule has 0 aromatic heterocycles. The Bertz CT molecular complexity index is 870. The summed E-state index contributed by atoms with van der Waals surface area (Å²) < 4.78 is 17.5. The van der Waals surface area contributed by atoms with Gasteiger partial charge in [0.15, 0.2) is 0 Å². The van der Waals surface area contributed by atoms with E-state index in [1.54, 1.807) is 6.07 Å². The number of hydrogen-bond acceptors (Lipinski definition) is 5. The lowest BCUT2D eigenvalue weighted by atomic mass is 10.1. The smallest absolute Gasteiger partial charge is 0.125 e. The van der Waals surface area contributed by atoms with E-state index >= 15 is 0 Å². The van der Waals surface area contributed by atoms with Crippen LogP contribution in [-0.4, -0.2) is 32.6 Å². The van der Waals surface area contributed by atoms with E-state index in [1.165, 1.54) is 7.11 Å². The first-order valence-corrected chi connectivity index (χ1v) is 10.3. The van der Waals surface area contributed by atoms with E-state index in [2.05, 4.69) is 5.16 Å². The van der Waals surface area contributed by atoms with E-state index in [9.17, 15) is 0 Å². The van der Waals surface area contributed by atoms with E-state index in [0.717, 1.165) is 34.6 Å². The van der Waals surface area contributed by atoms with Crippen LogP contribution in [0.5, 0.6) is 17.2 Å². The van der Waals surface area contributed by atoms with Crippen molar-refractivity contribution >= 4 is 17.3 Å². The number of oxime groups is 1. The predicted octanol–water partition coefficient (Wildman–Crippen LogP) is 6.13. The monoisotopic (exact) mass is 431 g/mol. The molecule has 0 heterocycles. The molecule has 0 atom stereocenters. The Morgan fingerprint density at radius 2 is 1.70 bits per heavy atom. The zero-order valence-electron chi connectivity index (χ0n) is 18.3. The highest BCUT2D eigenvalue weighted by atomic mass is 35.5. The fourth-order valence-electron chi connectivity index (χ4n) is 2.95. The minimum Gasteiger partial charge on any atom is -0.493 e. The molecule has 0 spiro atoms. The van der Waals surface area contributed by atoms with Crippen LogP contribution in [0.25, 0.3) is 0 Å². The van der Waals surface area contributed by atoms with Gasteiger partial charge in [-0.05, 0) is 69.2 Å². The molecule has 2 rings (SSSR count). The Labute approximate surface area is 184 Å². The second-order valence-corrected chi connectivity index (χ2v) is 7.22. The third-order valence-corrected chi connectivity index (χ3v) is 4.69. The predicted molar refractivity (Wildman–Crippen MR) is 123 cm³/mol. The fraction of sp³-hybridized carbons (Fsp3) is 0.375. The van der Waals surface area contributed by atoms with Crippen LogP contribution < -0.4 is 14.2 Å². The number of ether oxygens (including phenoxy) is 3. The molecule has 0 aliphatic carbocycles. The van der Waals surface area contributed by atoms with Gasteiger partial charge in [-0.1, -0.05) is 28.9 Å². The molecule has 0 saturated carbocycles. The molecule has 2 aromatic carbocycles. The first-order valence-electron chi connectivity index (χ1n) is 9.94. The van der Waals surface area contributed by atoms with Gasteiger partial charge >= 0.3 is 0 Å². The first-order chi connectivity index (χ1) is 14.5. The first kappa shape index (κ1) is 23.6.